The maximum absolute atomic E-state index is 12.3. The number of carbonyl (C=O) groups excluding carboxylic acids is 2. The molecule has 5 heteroatoms. The highest BCUT2D eigenvalue weighted by Crippen LogP contribution is 2.34. The predicted molar refractivity (Wildman–Crippen MR) is 63.6 cm³/mol. The molecule has 0 spiro atoms. The van der Waals surface area contributed by atoms with Crippen molar-refractivity contribution in [1.29, 1.82) is 0 Å². The fraction of sp³-hybridized carbons (Fsp3) is 0.692. The van der Waals surface area contributed by atoms with Crippen LogP contribution in [0.1, 0.15) is 12.8 Å². The van der Waals surface area contributed by atoms with E-state index in [2.05, 4.69) is 0 Å². The molecule has 1 aliphatic carbocycles. The molecule has 2 saturated heterocycles. The Morgan fingerprint density at radius 1 is 1.11 bits per heavy atom. The fourth-order valence-electron chi connectivity index (χ4n) is 3.07. The van der Waals surface area contributed by atoms with Crippen LogP contribution in [0.15, 0.2) is 12.2 Å². The van der Waals surface area contributed by atoms with Crippen molar-refractivity contribution < 1.29 is 19.2 Å². The minimum absolute atomic E-state index is 0.0355. The normalized spacial score (nSPS) is 33.0. The van der Waals surface area contributed by atoms with Gasteiger partial charge in [-0.1, -0.05) is 12.2 Å². The van der Waals surface area contributed by atoms with Crippen LogP contribution in [-0.2, 0) is 14.3 Å². The molecule has 5 nitrogen and oxygen atoms in total. The first-order chi connectivity index (χ1) is 8.77. The minimum atomic E-state index is -0.0945. The number of nitrogens with one attached hydrogen (secondary N) is 1. The molecular weight excluding hydrogens is 232 g/mol. The number of imide groups is 1. The van der Waals surface area contributed by atoms with Crippen molar-refractivity contribution in [2.24, 2.45) is 11.8 Å². The first kappa shape index (κ1) is 11.9. The largest absolute Gasteiger partial charge is 0.370 e. The van der Waals surface area contributed by atoms with Gasteiger partial charge in [0.05, 0.1) is 25.0 Å². The summed E-state index contributed by atoms with van der Waals surface area (Å²) < 4.78 is 5.29. The number of hydrogen-bond donors (Lipinski definition) is 1. The molecule has 18 heavy (non-hydrogen) atoms. The molecule has 98 valence electrons. The zero-order chi connectivity index (χ0) is 12.5. The lowest BCUT2D eigenvalue weighted by molar-refractivity contribution is -0.915. The molecule has 0 bridgehead atoms. The SMILES string of the molecule is O=C1[C@H]2CC=CC[C@@H]2C(=O)N1C[NH+]1CCOCC1. The Balaban J connectivity index is 1.69. The highest BCUT2D eigenvalue weighted by Gasteiger charge is 2.48. The Morgan fingerprint density at radius 3 is 2.22 bits per heavy atom. The Hall–Kier alpha value is -1.20. The summed E-state index contributed by atoms with van der Waals surface area (Å²) in [7, 11) is 0. The molecule has 3 rings (SSSR count). The third-order valence-electron chi connectivity index (χ3n) is 4.18. The van der Waals surface area contributed by atoms with Crippen molar-refractivity contribution in [2.45, 2.75) is 12.8 Å². The van der Waals surface area contributed by atoms with Crippen molar-refractivity contribution in [3.05, 3.63) is 12.2 Å². The van der Waals surface area contributed by atoms with Crippen LogP contribution in [0, 0.1) is 11.8 Å². The van der Waals surface area contributed by atoms with Gasteiger partial charge in [0.2, 0.25) is 11.8 Å². The molecule has 0 saturated carbocycles. The van der Waals surface area contributed by atoms with Gasteiger partial charge in [-0.15, -0.1) is 0 Å². The predicted octanol–water partition coefficient (Wildman–Crippen LogP) is -1.19. The number of amides is 2. The van der Waals surface area contributed by atoms with Gasteiger partial charge in [0.15, 0.2) is 6.67 Å². The zero-order valence-corrected chi connectivity index (χ0v) is 10.4. The van der Waals surface area contributed by atoms with E-state index in [-0.39, 0.29) is 23.7 Å². The highest BCUT2D eigenvalue weighted by atomic mass is 16.5. The molecule has 2 fully saturated rings. The summed E-state index contributed by atoms with van der Waals surface area (Å²) in [6.07, 6.45) is 5.50. The van der Waals surface area contributed by atoms with E-state index >= 15 is 0 Å². The van der Waals surface area contributed by atoms with Crippen LogP contribution in [0.2, 0.25) is 0 Å². The van der Waals surface area contributed by atoms with Crippen LogP contribution in [-0.4, -0.2) is 49.7 Å². The lowest BCUT2D eigenvalue weighted by atomic mass is 9.85. The first-order valence-corrected chi connectivity index (χ1v) is 6.69. The number of allylic oxidation sites excluding steroid dienone is 2. The van der Waals surface area contributed by atoms with E-state index in [1.54, 1.807) is 0 Å². The third-order valence-corrected chi connectivity index (χ3v) is 4.18. The molecular formula is C13H19N2O3+. The van der Waals surface area contributed by atoms with Gasteiger partial charge >= 0.3 is 0 Å². The standard InChI is InChI=1S/C13H18N2O3/c16-12-10-3-1-2-4-11(10)13(17)15(12)9-14-5-7-18-8-6-14/h1-2,10-11H,3-9H2/p+1/t10-,11-/m0/s1. The van der Waals surface area contributed by atoms with Crippen LogP contribution >= 0.6 is 0 Å². The Morgan fingerprint density at radius 2 is 1.67 bits per heavy atom. The van der Waals surface area contributed by atoms with Crippen LogP contribution in [0.3, 0.4) is 0 Å². The lowest BCUT2D eigenvalue weighted by Crippen LogP contribution is -3.15. The van der Waals surface area contributed by atoms with Crippen molar-refractivity contribution in [1.82, 2.24) is 4.90 Å². The summed E-state index contributed by atoms with van der Waals surface area (Å²) in [6, 6.07) is 0. The van der Waals surface area contributed by atoms with E-state index in [0.29, 0.717) is 6.67 Å². The van der Waals surface area contributed by atoms with Crippen molar-refractivity contribution >= 4 is 11.8 Å². The number of nitrogens with zero attached hydrogens (tertiary/aromatic N) is 1. The van der Waals surface area contributed by atoms with E-state index < -0.39 is 0 Å². The molecule has 3 aliphatic rings. The summed E-state index contributed by atoms with van der Waals surface area (Å²) in [5, 5.41) is 0. The summed E-state index contributed by atoms with van der Waals surface area (Å²) >= 11 is 0. The second-order valence-corrected chi connectivity index (χ2v) is 5.28. The van der Waals surface area contributed by atoms with Crippen molar-refractivity contribution in [3.8, 4) is 0 Å². The number of fused-ring (bicyclic) bond motifs is 1. The Kier molecular flexibility index (Phi) is 3.18. The second-order valence-electron chi connectivity index (χ2n) is 5.28. The summed E-state index contributed by atoms with van der Waals surface area (Å²) in [5.41, 5.74) is 0. The maximum Gasteiger partial charge on any atom is 0.237 e. The average molecular weight is 251 g/mol. The molecule has 2 amide bonds. The van der Waals surface area contributed by atoms with Gasteiger partial charge in [0.25, 0.3) is 0 Å². The molecule has 0 aromatic rings. The third kappa shape index (κ3) is 1.97. The average Bonchev–Trinajstić information content (AvgIpc) is 2.66. The first-order valence-electron chi connectivity index (χ1n) is 6.69. The molecule has 0 aromatic carbocycles. The Labute approximate surface area is 106 Å². The minimum Gasteiger partial charge on any atom is -0.370 e. The summed E-state index contributed by atoms with van der Waals surface area (Å²) in [6.45, 7) is 3.73. The quantitative estimate of drug-likeness (QED) is 0.496. The zero-order valence-electron chi connectivity index (χ0n) is 10.4. The topological polar surface area (TPSA) is 51.0 Å². The van der Waals surface area contributed by atoms with E-state index in [9.17, 15) is 9.59 Å². The van der Waals surface area contributed by atoms with E-state index in [0.717, 1.165) is 39.1 Å². The number of morpholine rings is 1. The number of quaternary nitrogens is 1. The van der Waals surface area contributed by atoms with Crippen molar-refractivity contribution in [3.63, 3.8) is 0 Å². The van der Waals surface area contributed by atoms with Crippen LogP contribution in [0.4, 0.5) is 0 Å². The number of carbonyl (C=O) groups is 2. The van der Waals surface area contributed by atoms with E-state index in [1.807, 2.05) is 12.2 Å². The number of rotatable bonds is 2. The number of hydrogen-bond acceptors (Lipinski definition) is 3. The van der Waals surface area contributed by atoms with E-state index in [1.165, 1.54) is 9.80 Å². The monoisotopic (exact) mass is 251 g/mol. The molecule has 0 unspecified atom stereocenters. The number of likely N-dealkylation sites (tertiary alicyclic amines) is 1. The van der Waals surface area contributed by atoms with Crippen molar-refractivity contribution in [2.75, 3.05) is 33.0 Å². The van der Waals surface area contributed by atoms with Gasteiger partial charge in [-0.3, -0.25) is 9.59 Å². The fourth-order valence-corrected chi connectivity index (χ4v) is 3.07. The maximum atomic E-state index is 12.3. The summed E-state index contributed by atoms with van der Waals surface area (Å²) in [5.74, 6) is -0.118. The molecule has 2 heterocycles. The Bertz CT molecular complexity index is 362. The molecule has 1 N–H and O–H groups in total. The summed E-state index contributed by atoms with van der Waals surface area (Å²) in [4.78, 5) is 27.3. The molecule has 2 aliphatic heterocycles. The van der Waals surface area contributed by atoms with Gasteiger partial charge < -0.3 is 9.64 Å². The van der Waals surface area contributed by atoms with Crippen LogP contribution < -0.4 is 4.90 Å². The number of ether oxygens (including phenoxy) is 1. The molecule has 0 radical (unpaired) electrons. The van der Waals surface area contributed by atoms with Crippen LogP contribution in [0.5, 0.6) is 0 Å². The lowest BCUT2D eigenvalue weighted by Gasteiger charge is -2.27. The highest BCUT2D eigenvalue weighted by molar-refractivity contribution is 6.05. The van der Waals surface area contributed by atoms with Gasteiger partial charge in [-0.05, 0) is 12.8 Å². The smallest absolute Gasteiger partial charge is 0.237 e. The van der Waals surface area contributed by atoms with Gasteiger partial charge in [0.1, 0.15) is 13.1 Å². The molecule has 0 aromatic heterocycles. The molecule has 2 atom stereocenters. The van der Waals surface area contributed by atoms with Gasteiger partial charge in [-0.25, -0.2) is 4.90 Å². The second kappa shape index (κ2) is 4.82. The van der Waals surface area contributed by atoms with Crippen LogP contribution in [0.25, 0.3) is 0 Å². The van der Waals surface area contributed by atoms with Gasteiger partial charge in [-0.2, -0.15) is 0 Å². The van der Waals surface area contributed by atoms with E-state index in [4.69, 9.17) is 4.74 Å². The van der Waals surface area contributed by atoms with Gasteiger partial charge in [0, 0.05) is 0 Å².